The van der Waals surface area contributed by atoms with E-state index in [1.165, 1.54) is 12.1 Å². The van der Waals surface area contributed by atoms with Crippen LogP contribution in [0.1, 0.15) is 11.6 Å². The van der Waals surface area contributed by atoms with Gasteiger partial charge in [-0.3, -0.25) is 10.1 Å². The van der Waals surface area contributed by atoms with Gasteiger partial charge in [-0.05, 0) is 17.7 Å². The van der Waals surface area contributed by atoms with E-state index in [1.807, 2.05) is 5.32 Å². The average molecular weight is 250 g/mol. The number of nitrogens with one attached hydrogen (secondary N) is 1. The van der Waals surface area contributed by atoms with Crippen molar-refractivity contribution < 1.29 is 22.4 Å². The third-order valence-electron chi connectivity index (χ3n) is 1.99. The van der Waals surface area contributed by atoms with Crippen molar-refractivity contribution in [3.63, 3.8) is 0 Å². The van der Waals surface area contributed by atoms with E-state index < -0.39 is 30.5 Å². The Kier molecular flexibility index (Phi) is 4.06. The summed E-state index contributed by atoms with van der Waals surface area (Å²) in [7, 11) is 0. The molecule has 1 rings (SSSR count). The smallest absolute Gasteiger partial charge is 0.368 e. The zero-order valence-corrected chi connectivity index (χ0v) is 8.59. The van der Waals surface area contributed by atoms with Crippen LogP contribution in [0.25, 0.3) is 0 Å². The van der Waals surface area contributed by atoms with Gasteiger partial charge >= 0.3 is 6.18 Å². The molecule has 0 saturated carbocycles. The van der Waals surface area contributed by atoms with Gasteiger partial charge in [0.2, 0.25) is 5.91 Å². The normalized spacial score (nSPS) is 13.4. The molecule has 0 spiro atoms. The minimum atomic E-state index is -4.45. The van der Waals surface area contributed by atoms with Crippen molar-refractivity contribution in [3.05, 3.63) is 35.6 Å². The van der Waals surface area contributed by atoms with Gasteiger partial charge in [-0.15, -0.1) is 0 Å². The van der Waals surface area contributed by atoms with Crippen molar-refractivity contribution >= 4 is 5.91 Å². The molecule has 17 heavy (non-hydrogen) atoms. The van der Waals surface area contributed by atoms with Crippen LogP contribution in [-0.2, 0) is 4.79 Å². The standard InChI is InChI=1S/C10H10F4N2O/c11-7-3-1-6(2-4-7)8(9(15)17)16-5-10(12,13)14/h1-4,8,16H,5H2,(H2,15,17). The van der Waals surface area contributed by atoms with Crippen molar-refractivity contribution in [2.24, 2.45) is 5.73 Å². The molecule has 0 aliphatic carbocycles. The Morgan fingerprint density at radius 3 is 2.24 bits per heavy atom. The molecule has 1 aromatic carbocycles. The highest BCUT2D eigenvalue weighted by Gasteiger charge is 2.29. The Labute approximate surface area is 94.6 Å². The average Bonchev–Trinajstić information content (AvgIpc) is 2.18. The van der Waals surface area contributed by atoms with Crippen LogP contribution in [0.15, 0.2) is 24.3 Å². The lowest BCUT2D eigenvalue weighted by atomic mass is 10.1. The summed E-state index contributed by atoms with van der Waals surface area (Å²) in [5.41, 5.74) is 5.16. The highest BCUT2D eigenvalue weighted by Crippen LogP contribution is 2.17. The van der Waals surface area contributed by atoms with Gasteiger partial charge in [0, 0.05) is 0 Å². The molecule has 1 atom stereocenters. The maximum absolute atomic E-state index is 12.6. The van der Waals surface area contributed by atoms with E-state index in [1.54, 1.807) is 0 Å². The Bertz CT molecular complexity index is 388. The molecule has 94 valence electrons. The fourth-order valence-electron chi connectivity index (χ4n) is 1.26. The summed E-state index contributed by atoms with van der Waals surface area (Å²) in [6.45, 7) is -1.35. The van der Waals surface area contributed by atoms with Gasteiger partial charge in [-0.25, -0.2) is 4.39 Å². The highest BCUT2D eigenvalue weighted by atomic mass is 19.4. The topological polar surface area (TPSA) is 55.1 Å². The van der Waals surface area contributed by atoms with Crippen LogP contribution in [0.2, 0.25) is 0 Å². The van der Waals surface area contributed by atoms with E-state index in [2.05, 4.69) is 0 Å². The number of carbonyl (C=O) groups is 1. The number of benzene rings is 1. The van der Waals surface area contributed by atoms with Gasteiger partial charge in [0.1, 0.15) is 11.9 Å². The van der Waals surface area contributed by atoms with Gasteiger partial charge in [0.25, 0.3) is 0 Å². The summed E-state index contributed by atoms with van der Waals surface area (Å²) in [6.07, 6.45) is -4.45. The number of rotatable bonds is 4. The van der Waals surface area contributed by atoms with Crippen molar-refractivity contribution in [3.8, 4) is 0 Å². The van der Waals surface area contributed by atoms with Gasteiger partial charge in [-0.1, -0.05) is 12.1 Å². The van der Waals surface area contributed by atoms with Crippen LogP contribution in [0, 0.1) is 5.82 Å². The molecular weight excluding hydrogens is 240 g/mol. The molecular formula is C10H10F4N2O. The van der Waals surface area contributed by atoms with Crippen LogP contribution >= 0.6 is 0 Å². The maximum atomic E-state index is 12.6. The summed E-state index contributed by atoms with van der Waals surface area (Å²) in [5, 5.41) is 1.97. The second kappa shape index (κ2) is 5.13. The Morgan fingerprint density at radius 2 is 1.82 bits per heavy atom. The first-order chi connectivity index (χ1) is 7.79. The molecule has 0 aromatic heterocycles. The molecule has 3 nitrogen and oxygen atoms in total. The van der Waals surface area contributed by atoms with Gasteiger partial charge in [-0.2, -0.15) is 13.2 Å². The van der Waals surface area contributed by atoms with Crippen molar-refractivity contribution in [2.75, 3.05) is 6.54 Å². The molecule has 1 amide bonds. The van der Waals surface area contributed by atoms with Crippen molar-refractivity contribution in [1.82, 2.24) is 5.32 Å². The maximum Gasteiger partial charge on any atom is 0.401 e. The van der Waals surface area contributed by atoms with Crippen LogP contribution < -0.4 is 11.1 Å². The number of hydrogen-bond acceptors (Lipinski definition) is 2. The molecule has 7 heteroatoms. The fourth-order valence-corrected chi connectivity index (χ4v) is 1.26. The number of halogens is 4. The summed E-state index contributed by atoms with van der Waals surface area (Å²) in [5.74, 6) is -1.51. The van der Waals surface area contributed by atoms with Crippen LogP contribution in [0.5, 0.6) is 0 Å². The molecule has 0 aliphatic rings. The zero-order chi connectivity index (χ0) is 13.1. The lowest BCUT2D eigenvalue weighted by Gasteiger charge is -2.17. The fraction of sp³-hybridized carbons (Fsp3) is 0.300. The summed E-state index contributed by atoms with van der Waals surface area (Å²) in [6, 6.07) is 3.20. The van der Waals surface area contributed by atoms with E-state index in [0.29, 0.717) is 0 Å². The lowest BCUT2D eigenvalue weighted by molar-refractivity contribution is -0.130. The predicted molar refractivity (Wildman–Crippen MR) is 52.4 cm³/mol. The third kappa shape index (κ3) is 4.39. The zero-order valence-electron chi connectivity index (χ0n) is 8.59. The molecule has 0 aliphatic heterocycles. The quantitative estimate of drug-likeness (QED) is 0.796. The molecule has 0 heterocycles. The first-order valence-corrected chi connectivity index (χ1v) is 4.64. The number of primary amides is 1. The molecule has 0 radical (unpaired) electrons. The number of amides is 1. The van der Waals surface area contributed by atoms with Crippen molar-refractivity contribution in [1.29, 1.82) is 0 Å². The van der Waals surface area contributed by atoms with E-state index in [-0.39, 0.29) is 5.56 Å². The second-order valence-electron chi connectivity index (χ2n) is 3.38. The first-order valence-electron chi connectivity index (χ1n) is 4.64. The molecule has 1 unspecified atom stereocenters. The largest absolute Gasteiger partial charge is 0.401 e. The van der Waals surface area contributed by atoms with Crippen LogP contribution in [0.3, 0.4) is 0 Å². The summed E-state index contributed by atoms with van der Waals surface area (Å²) in [4.78, 5) is 11.0. The van der Waals surface area contributed by atoms with Crippen molar-refractivity contribution in [2.45, 2.75) is 12.2 Å². The molecule has 0 saturated heterocycles. The second-order valence-corrected chi connectivity index (χ2v) is 3.38. The third-order valence-corrected chi connectivity index (χ3v) is 1.99. The SMILES string of the molecule is NC(=O)C(NCC(F)(F)F)c1ccc(F)cc1. The summed E-state index contributed by atoms with van der Waals surface area (Å²) < 4.78 is 48.6. The van der Waals surface area contributed by atoms with E-state index in [0.717, 1.165) is 12.1 Å². The molecule has 0 fully saturated rings. The van der Waals surface area contributed by atoms with Gasteiger partial charge in [0.05, 0.1) is 6.54 Å². The number of alkyl halides is 3. The van der Waals surface area contributed by atoms with E-state index in [9.17, 15) is 22.4 Å². The Balaban J connectivity index is 2.79. The highest BCUT2D eigenvalue weighted by molar-refractivity contribution is 5.81. The number of hydrogen-bond donors (Lipinski definition) is 2. The minimum absolute atomic E-state index is 0.183. The monoisotopic (exact) mass is 250 g/mol. The number of carbonyl (C=O) groups excluding carboxylic acids is 1. The molecule has 3 N–H and O–H groups in total. The van der Waals surface area contributed by atoms with E-state index in [4.69, 9.17) is 5.73 Å². The van der Waals surface area contributed by atoms with E-state index >= 15 is 0 Å². The first kappa shape index (κ1) is 13.4. The van der Waals surface area contributed by atoms with Crippen LogP contribution in [0.4, 0.5) is 17.6 Å². The summed E-state index contributed by atoms with van der Waals surface area (Å²) >= 11 is 0. The molecule has 0 bridgehead atoms. The Hall–Kier alpha value is -1.63. The van der Waals surface area contributed by atoms with Crippen LogP contribution in [-0.4, -0.2) is 18.6 Å². The van der Waals surface area contributed by atoms with Gasteiger partial charge in [0.15, 0.2) is 0 Å². The lowest BCUT2D eigenvalue weighted by Crippen LogP contribution is -2.38. The molecule has 1 aromatic rings. The van der Waals surface area contributed by atoms with Gasteiger partial charge < -0.3 is 5.73 Å². The number of nitrogens with two attached hydrogens (primary N) is 1. The Morgan fingerprint density at radius 1 is 1.29 bits per heavy atom. The minimum Gasteiger partial charge on any atom is -0.368 e. The predicted octanol–water partition coefficient (Wildman–Crippen LogP) is 1.50.